The van der Waals surface area contributed by atoms with Crippen molar-refractivity contribution >= 4 is 9.24 Å². The number of nitrogens with zero attached hydrogens (tertiary/aromatic N) is 1. The highest BCUT2D eigenvalue weighted by molar-refractivity contribution is 7.18. The third-order valence-corrected chi connectivity index (χ3v) is 2.48. The second-order valence-electron chi connectivity index (χ2n) is 3.35. The molecule has 1 nitrogen and oxygen atoms in total. The molecule has 0 aromatic rings. The van der Waals surface area contributed by atoms with Crippen molar-refractivity contribution in [1.29, 1.82) is 0 Å². The summed E-state index contributed by atoms with van der Waals surface area (Å²) in [6.07, 6.45) is 0.663. The standard InChI is InChI=1S/C7H15FNP/c1-6(2)9-4-3-7(8,10)5-9/h6H,3-5,10H2,1-2H3. The normalized spacial score (nSPS) is 35.7. The lowest BCUT2D eigenvalue weighted by atomic mass is 10.3. The molecule has 10 heavy (non-hydrogen) atoms. The van der Waals surface area contributed by atoms with Gasteiger partial charge < -0.3 is 0 Å². The maximum atomic E-state index is 13.1. The zero-order valence-electron chi connectivity index (χ0n) is 6.60. The minimum atomic E-state index is -1.01. The van der Waals surface area contributed by atoms with Crippen molar-refractivity contribution in [1.82, 2.24) is 4.90 Å². The van der Waals surface area contributed by atoms with Crippen LogP contribution in [0.4, 0.5) is 4.39 Å². The number of alkyl halides is 1. The van der Waals surface area contributed by atoms with Gasteiger partial charge in [0.15, 0.2) is 0 Å². The van der Waals surface area contributed by atoms with Crippen molar-refractivity contribution in [3.05, 3.63) is 0 Å². The van der Waals surface area contributed by atoms with Crippen molar-refractivity contribution in [2.75, 3.05) is 13.1 Å². The molecule has 3 heteroatoms. The van der Waals surface area contributed by atoms with Crippen LogP contribution in [-0.2, 0) is 0 Å². The van der Waals surface area contributed by atoms with Gasteiger partial charge in [0.1, 0.15) is 5.41 Å². The van der Waals surface area contributed by atoms with Crippen molar-refractivity contribution in [2.45, 2.75) is 31.7 Å². The SMILES string of the molecule is CC(C)N1CCC(F)(P)C1. The van der Waals surface area contributed by atoms with Crippen molar-refractivity contribution < 1.29 is 4.39 Å². The van der Waals surface area contributed by atoms with Gasteiger partial charge >= 0.3 is 0 Å². The highest BCUT2D eigenvalue weighted by atomic mass is 31.0. The predicted molar refractivity (Wildman–Crippen MR) is 44.9 cm³/mol. The number of halogens is 1. The monoisotopic (exact) mass is 163 g/mol. The molecule has 0 bridgehead atoms. The molecule has 0 amide bonds. The average molecular weight is 163 g/mol. The quantitative estimate of drug-likeness (QED) is 0.531. The summed E-state index contributed by atoms with van der Waals surface area (Å²) >= 11 is 0. The Morgan fingerprint density at radius 2 is 2.20 bits per heavy atom. The van der Waals surface area contributed by atoms with Gasteiger partial charge in [-0.15, -0.1) is 0 Å². The molecule has 0 aliphatic carbocycles. The molecule has 1 rings (SSSR count). The number of hydrogen-bond acceptors (Lipinski definition) is 1. The smallest absolute Gasteiger partial charge is 0.137 e. The molecular formula is C7H15FNP. The van der Waals surface area contributed by atoms with Gasteiger partial charge in [-0.05, 0) is 20.3 Å². The first-order chi connectivity index (χ1) is 4.51. The van der Waals surface area contributed by atoms with Crippen LogP contribution in [0.1, 0.15) is 20.3 Å². The summed E-state index contributed by atoms with van der Waals surface area (Å²) in [6.45, 7) is 5.69. The van der Waals surface area contributed by atoms with Crippen LogP contribution in [0.25, 0.3) is 0 Å². The fraction of sp³-hybridized carbons (Fsp3) is 1.00. The van der Waals surface area contributed by atoms with E-state index in [1.165, 1.54) is 0 Å². The summed E-state index contributed by atoms with van der Waals surface area (Å²) in [5, 5.41) is -1.01. The van der Waals surface area contributed by atoms with Crippen molar-refractivity contribution in [3.8, 4) is 0 Å². The van der Waals surface area contributed by atoms with Gasteiger partial charge in [-0.2, -0.15) is 0 Å². The molecule has 1 aliphatic rings. The van der Waals surface area contributed by atoms with E-state index in [1.807, 2.05) is 0 Å². The summed E-state index contributed by atoms with van der Waals surface area (Å²) in [6, 6.07) is 0.484. The number of rotatable bonds is 1. The summed E-state index contributed by atoms with van der Waals surface area (Å²) in [5.74, 6) is 0. The van der Waals surface area contributed by atoms with Crippen LogP contribution in [0.2, 0.25) is 0 Å². The molecule has 1 fully saturated rings. The second-order valence-corrected chi connectivity index (χ2v) is 4.38. The van der Waals surface area contributed by atoms with E-state index in [0.29, 0.717) is 19.0 Å². The van der Waals surface area contributed by atoms with Crippen LogP contribution >= 0.6 is 9.24 Å². The Morgan fingerprint density at radius 3 is 2.40 bits per heavy atom. The molecular weight excluding hydrogens is 148 g/mol. The van der Waals surface area contributed by atoms with Gasteiger partial charge in [0.25, 0.3) is 0 Å². The van der Waals surface area contributed by atoms with Gasteiger partial charge in [-0.1, -0.05) is 9.24 Å². The summed E-state index contributed by atoms with van der Waals surface area (Å²) < 4.78 is 13.1. The van der Waals surface area contributed by atoms with Crippen LogP contribution in [0.5, 0.6) is 0 Å². The molecule has 2 atom stereocenters. The fourth-order valence-corrected chi connectivity index (χ4v) is 1.63. The second kappa shape index (κ2) is 2.75. The Kier molecular flexibility index (Phi) is 2.31. The van der Waals surface area contributed by atoms with Gasteiger partial charge in [-0.25, -0.2) is 4.39 Å². The van der Waals surface area contributed by atoms with Crippen LogP contribution in [0, 0.1) is 0 Å². The lowest BCUT2D eigenvalue weighted by Gasteiger charge is -2.20. The van der Waals surface area contributed by atoms with E-state index in [9.17, 15) is 4.39 Å². The zero-order chi connectivity index (χ0) is 7.78. The number of likely N-dealkylation sites (tertiary alicyclic amines) is 1. The molecule has 0 aromatic carbocycles. The van der Waals surface area contributed by atoms with E-state index in [4.69, 9.17) is 0 Å². The Labute approximate surface area is 64.2 Å². The molecule has 0 radical (unpaired) electrons. The minimum Gasteiger partial charge on any atom is -0.297 e. The highest BCUT2D eigenvalue weighted by Crippen LogP contribution is 2.32. The van der Waals surface area contributed by atoms with Crippen molar-refractivity contribution in [2.24, 2.45) is 0 Å². The van der Waals surface area contributed by atoms with E-state index < -0.39 is 5.41 Å². The third-order valence-electron chi connectivity index (χ3n) is 2.01. The molecule has 0 aromatic heterocycles. The maximum Gasteiger partial charge on any atom is 0.137 e. The first kappa shape index (κ1) is 8.42. The fourth-order valence-electron chi connectivity index (χ4n) is 1.27. The summed E-state index contributed by atoms with van der Waals surface area (Å²) in [4.78, 5) is 2.16. The zero-order valence-corrected chi connectivity index (χ0v) is 7.76. The molecule has 2 unspecified atom stereocenters. The topological polar surface area (TPSA) is 3.24 Å². The first-order valence-corrected chi connectivity index (χ1v) is 4.31. The molecule has 1 saturated heterocycles. The van der Waals surface area contributed by atoms with Gasteiger partial charge in [0.05, 0.1) is 0 Å². The lowest BCUT2D eigenvalue weighted by molar-refractivity contribution is 0.229. The highest BCUT2D eigenvalue weighted by Gasteiger charge is 2.34. The van der Waals surface area contributed by atoms with Gasteiger partial charge in [-0.3, -0.25) is 4.90 Å². The van der Waals surface area contributed by atoms with Crippen LogP contribution in [0.15, 0.2) is 0 Å². The predicted octanol–water partition coefficient (Wildman–Crippen LogP) is 1.64. The van der Waals surface area contributed by atoms with Crippen LogP contribution in [0.3, 0.4) is 0 Å². The van der Waals surface area contributed by atoms with Gasteiger partial charge in [0.2, 0.25) is 0 Å². The maximum absolute atomic E-state index is 13.1. The number of hydrogen-bond donors (Lipinski definition) is 0. The minimum absolute atomic E-state index is 0.484. The van der Waals surface area contributed by atoms with E-state index in [-0.39, 0.29) is 0 Å². The molecule has 0 spiro atoms. The van der Waals surface area contributed by atoms with Gasteiger partial charge in [0, 0.05) is 19.1 Å². The van der Waals surface area contributed by atoms with Crippen LogP contribution in [-0.4, -0.2) is 29.4 Å². The Balaban J connectivity index is 2.43. The average Bonchev–Trinajstić information content (AvgIpc) is 2.10. The summed E-state index contributed by atoms with van der Waals surface area (Å²) in [7, 11) is 2.29. The largest absolute Gasteiger partial charge is 0.297 e. The van der Waals surface area contributed by atoms with Crippen molar-refractivity contribution in [3.63, 3.8) is 0 Å². The lowest BCUT2D eigenvalue weighted by Crippen LogP contribution is -2.30. The van der Waals surface area contributed by atoms with E-state index in [1.54, 1.807) is 0 Å². The Hall–Kier alpha value is 0.320. The first-order valence-electron chi connectivity index (χ1n) is 3.73. The molecule has 0 saturated carbocycles. The summed E-state index contributed by atoms with van der Waals surface area (Å²) in [5.41, 5.74) is 0. The Morgan fingerprint density at radius 1 is 1.60 bits per heavy atom. The van der Waals surface area contributed by atoms with Crippen LogP contribution < -0.4 is 0 Å². The molecule has 1 aliphatic heterocycles. The van der Waals surface area contributed by atoms with E-state index >= 15 is 0 Å². The third kappa shape index (κ3) is 1.90. The van der Waals surface area contributed by atoms with E-state index in [2.05, 4.69) is 28.0 Å². The molecule has 1 heterocycles. The van der Waals surface area contributed by atoms with E-state index in [0.717, 1.165) is 6.54 Å². The Bertz CT molecular complexity index is 125. The molecule has 60 valence electrons. The molecule has 0 N–H and O–H groups in total.